The molecule has 4 rings (SSSR count). The molecule has 1 saturated carbocycles. The zero-order chi connectivity index (χ0) is 22.0. The van der Waals surface area contributed by atoms with Gasteiger partial charge in [-0.05, 0) is 61.4 Å². The maximum Gasteiger partial charge on any atom is 0.295 e. The van der Waals surface area contributed by atoms with Gasteiger partial charge in [-0.25, -0.2) is 0 Å². The van der Waals surface area contributed by atoms with E-state index >= 15 is 0 Å². The van der Waals surface area contributed by atoms with Crippen LogP contribution in [0.1, 0.15) is 67.5 Å². The fourth-order valence-corrected chi connectivity index (χ4v) is 5.47. The second-order valence-corrected chi connectivity index (χ2v) is 9.32. The minimum absolute atomic E-state index is 0.0363. The van der Waals surface area contributed by atoms with Crippen LogP contribution in [0.25, 0.3) is 5.76 Å². The molecule has 2 fully saturated rings. The number of hydrogen-bond acceptors (Lipinski definition) is 5. The molecule has 0 spiro atoms. The smallest absolute Gasteiger partial charge is 0.295 e. The Labute approximate surface area is 187 Å². The van der Waals surface area contributed by atoms with Crippen molar-refractivity contribution < 1.29 is 19.4 Å². The van der Waals surface area contributed by atoms with Crippen LogP contribution in [0.4, 0.5) is 0 Å². The van der Waals surface area contributed by atoms with Crippen LogP contribution in [-0.2, 0) is 9.59 Å². The molecule has 1 atom stereocenters. The molecule has 1 aliphatic heterocycles. The number of hydrogen-bond donors (Lipinski definition) is 1. The van der Waals surface area contributed by atoms with Crippen LogP contribution < -0.4 is 4.74 Å². The molecule has 1 aliphatic carbocycles. The molecule has 0 radical (unpaired) electrons. The van der Waals surface area contributed by atoms with Gasteiger partial charge < -0.3 is 14.7 Å². The summed E-state index contributed by atoms with van der Waals surface area (Å²) < 4.78 is 5.74. The summed E-state index contributed by atoms with van der Waals surface area (Å²) in [5.41, 5.74) is 1.61. The van der Waals surface area contributed by atoms with Crippen molar-refractivity contribution in [2.75, 3.05) is 6.61 Å². The van der Waals surface area contributed by atoms with Gasteiger partial charge >= 0.3 is 0 Å². The highest BCUT2D eigenvalue weighted by molar-refractivity contribution is 7.10. The summed E-state index contributed by atoms with van der Waals surface area (Å²) in [6, 6.07) is 8.76. The molecule has 5 nitrogen and oxygen atoms in total. The Kier molecular flexibility index (Phi) is 6.46. The van der Waals surface area contributed by atoms with E-state index in [1.165, 1.54) is 11.3 Å². The maximum atomic E-state index is 13.1. The van der Waals surface area contributed by atoms with Crippen LogP contribution in [0.2, 0.25) is 0 Å². The van der Waals surface area contributed by atoms with Gasteiger partial charge in [0.2, 0.25) is 0 Å². The van der Waals surface area contributed by atoms with E-state index in [9.17, 15) is 14.7 Å². The first-order valence-corrected chi connectivity index (χ1v) is 12.0. The highest BCUT2D eigenvalue weighted by atomic mass is 32.1. The maximum absolute atomic E-state index is 13.1. The number of Topliss-reactive ketones (excluding diaryl/α,β-unsaturated/α-hetero) is 1. The average molecular weight is 440 g/mol. The molecule has 1 saturated heterocycles. The van der Waals surface area contributed by atoms with Crippen molar-refractivity contribution in [1.82, 2.24) is 4.90 Å². The van der Waals surface area contributed by atoms with E-state index in [0.717, 1.165) is 54.7 Å². The molecule has 1 N–H and O–H groups in total. The normalized spacial score (nSPS) is 21.6. The zero-order valence-corrected chi connectivity index (χ0v) is 18.9. The Bertz CT molecular complexity index is 989. The summed E-state index contributed by atoms with van der Waals surface area (Å²) in [6.07, 6.45) is 5.99. The molecule has 31 heavy (non-hydrogen) atoms. The lowest BCUT2D eigenvalue weighted by Gasteiger charge is -2.34. The summed E-state index contributed by atoms with van der Waals surface area (Å²) >= 11 is 1.51. The van der Waals surface area contributed by atoms with Gasteiger partial charge in [-0.15, -0.1) is 11.3 Å². The second kappa shape index (κ2) is 9.27. The first-order chi connectivity index (χ1) is 15.0. The standard InChI is InChI=1S/C25H29NO4S/c1-3-13-30-19-12-11-17(15-16(19)2)23(27)21-22(20-10-7-14-31-20)26(25(29)24(21)28)18-8-5-4-6-9-18/h7,10-12,14-15,18,22,27H,3-6,8-9,13H2,1-2H3/b23-21-. The number of thiophene rings is 1. The van der Waals surface area contributed by atoms with Gasteiger partial charge in [-0.2, -0.15) is 0 Å². The number of carbonyl (C=O) groups is 2. The summed E-state index contributed by atoms with van der Waals surface area (Å²) in [5, 5.41) is 13.2. The Morgan fingerprint density at radius 1 is 1.19 bits per heavy atom. The van der Waals surface area contributed by atoms with Crippen molar-refractivity contribution >= 4 is 28.8 Å². The molecule has 0 bridgehead atoms. The number of aliphatic hydroxyl groups excluding tert-OH is 1. The minimum Gasteiger partial charge on any atom is -0.507 e. The number of nitrogens with zero attached hydrogens (tertiary/aromatic N) is 1. The van der Waals surface area contributed by atoms with E-state index < -0.39 is 17.7 Å². The SMILES string of the molecule is CCCOc1ccc(/C(O)=C2/C(=O)C(=O)N(C3CCCCC3)C2c2cccs2)cc1C. The molecule has 6 heteroatoms. The molecular formula is C25H29NO4S. The number of likely N-dealkylation sites (tertiary alicyclic amines) is 1. The van der Waals surface area contributed by atoms with Crippen LogP contribution in [-0.4, -0.2) is 34.3 Å². The Morgan fingerprint density at radius 3 is 2.61 bits per heavy atom. The molecule has 2 aromatic rings. The molecule has 164 valence electrons. The second-order valence-electron chi connectivity index (χ2n) is 8.34. The molecule has 1 aromatic heterocycles. The first-order valence-electron chi connectivity index (χ1n) is 11.1. The monoisotopic (exact) mass is 439 g/mol. The van der Waals surface area contributed by atoms with E-state index in [0.29, 0.717) is 12.2 Å². The lowest BCUT2D eigenvalue weighted by molar-refractivity contribution is -0.141. The fourth-order valence-electron chi connectivity index (χ4n) is 4.64. The quantitative estimate of drug-likeness (QED) is 0.361. The van der Waals surface area contributed by atoms with Gasteiger partial charge in [0.25, 0.3) is 11.7 Å². The van der Waals surface area contributed by atoms with E-state index in [-0.39, 0.29) is 17.4 Å². The van der Waals surface area contributed by atoms with Gasteiger partial charge in [0.15, 0.2) is 0 Å². The minimum atomic E-state index is -0.592. The summed E-state index contributed by atoms with van der Waals surface area (Å²) in [5.74, 6) is -0.437. The van der Waals surface area contributed by atoms with Crippen LogP contribution in [0.3, 0.4) is 0 Å². The highest BCUT2D eigenvalue weighted by Gasteiger charge is 2.49. The van der Waals surface area contributed by atoms with E-state index in [2.05, 4.69) is 0 Å². The number of aliphatic hydroxyl groups is 1. The highest BCUT2D eigenvalue weighted by Crippen LogP contribution is 2.44. The third-order valence-corrected chi connectivity index (χ3v) is 7.10. The van der Waals surface area contributed by atoms with E-state index in [1.54, 1.807) is 11.0 Å². The molecular weight excluding hydrogens is 410 g/mol. The molecule has 1 unspecified atom stereocenters. The number of carbonyl (C=O) groups excluding carboxylic acids is 2. The van der Waals surface area contributed by atoms with Crippen LogP contribution in [0.5, 0.6) is 5.75 Å². The summed E-state index contributed by atoms with van der Waals surface area (Å²) in [7, 11) is 0. The first kappa shape index (κ1) is 21.6. The van der Waals surface area contributed by atoms with Crippen LogP contribution in [0.15, 0.2) is 41.3 Å². The van der Waals surface area contributed by atoms with Gasteiger partial charge in [0.1, 0.15) is 11.5 Å². The number of ketones is 1. The van der Waals surface area contributed by atoms with E-state index in [1.807, 2.05) is 43.5 Å². The molecule has 1 aromatic carbocycles. The Balaban J connectivity index is 1.77. The van der Waals surface area contributed by atoms with Gasteiger partial charge in [0.05, 0.1) is 18.2 Å². The van der Waals surface area contributed by atoms with Crippen LogP contribution >= 0.6 is 11.3 Å². The predicted molar refractivity (Wildman–Crippen MR) is 122 cm³/mol. The number of rotatable bonds is 6. The van der Waals surface area contributed by atoms with Crippen LogP contribution in [0, 0.1) is 6.92 Å². The number of ether oxygens (including phenoxy) is 1. The van der Waals surface area contributed by atoms with Crippen molar-refractivity contribution in [3.8, 4) is 5.75 Å². The van der Waals surface area contributed by atoms with Crippen molar-refractivity contribution in [2.45, 2.75) is 64.5 Å². The van der Waals surface area contributed by atoms with E-state index in [4.69, 9.17) is 4.74 Å². The van der Waals surface area contributed by atoms with Crippen molar-refractivity contribution in [2.24, 2.45) is 0 Å². The van der Waals surface area contributed by atoms with Gasteiger partial charge in [-0.3, -0.25) is 9.59 Å². The van der Waals surface area contributed by atoms with Crippen molar-refractivity contribution in [3.05, 3.63) is 57.3 Å². The number of benzene rings is 1. The fraction of sp³-hybridized carbons (Fsp3) is 0.440. The molecule has 1 amide bonds. The lowest BCUT2D eigenvalue weighted by atomic mass is 9.92. The van der Waals surface area contributed by atoms with Crippen molar-refractivity contribution in [3.63, 3.8) is 0 Å². The molecule has 2 aliphatic rings. The number of amides is 1. The Morgan fingerprint density at radius 2 is 1.97 bits per heavy atom. The summed E-state index contributed by atoms with van der Waals surface area (Å²) in [6.45, 7) is 4.58. The van der Waals surface area contributed by atoms with Gasteiger partial charge in [0, 0.05) is 16.5 Å². The lowest BCUT2D eigenvalue weighted by Crippen LogP contribution is -2.40. The third-order valence-electron chi connectivity index (χ3n) is 6.17. The average Bonchev–Trinajstić information content (AvgIpc) is 3.40. The largest absolute Gasteiger partial charge is 0.507 e. The molecule has 2 heterocycles. The number of aryl methyl sites for hydroxylation is 1. The topological polar surface area (TPSA) is 66.8 Å². The third kappa shape index (κ3) is 4.13. The predicted octanol–water partition coefficient (Wildman–Crippen LogP) is 5.60. The van der Waals surface area contributed by atoms with Gasteiger partial charge in [-0.1, -0.05) is 32.3 Å². The summed E-state index contributed by atoms with van der Waals surface area (Å²) in [4.78, 5) is 28.9. The van der Waals surface area contributed by atoms with Crippen molar-refractivity contribution in [1.29, 1.82) is 0 Å². The zero-order valence-electron chi connectivity index (χ0n) is 18.1. The Hall–Kier alpha value is -2.60.